The van der Waals surface area contributed by atoms with Crippen LogP contribution in [-0.4, -0.2) is 36.5 Å². The number of methoxy groups -OCH3 is 1. The first-order chi connectivity index (χ1) is 11.9. The second kappa shape index (κ2) is 6.56. The monoisotopic (exact) mass is 359 g/mol. The largest absolute Gasteiger partial charge is 0.481 e. The van der Waals surface area contributed by atoms with Crippen molar-refractivity contribution in [2.24, 2.45) is 7.05 Å². The van der Waals surface area contributed by atoms with Crippen molar-refractivity contribution in [3.8, 4) is 28.5 Å². The predicted molar refractivity (Wildman–Crippen MR) is 92.6 cm³/mol. The van der Waals surface area contributed by atoms with Crippen LogP contribution in [0.1, 0.15) is 0 Å². The predicted octanol–water partition coefficient (Wildman–Crippen LogP) is 2.69. The lowest BCUT2D eigenvalue weighted by Gasteiger charge is -2.12. The standard InChI is InChI=1S/C17H17N3O4S/c1-20-11-13(10-19-20)24-16-6-5-14(25(3,21)22)8-15(16)12-4-7-17(23-2)18-9-12/h4-11H,1-3H3. The number of rotatable bonds is 5. The van der Waals surface area contributed by atoms with E-state index in [-0.39, 0.29) is 4.90 Å². The molecule has 2 heterocycles. The van der Waals surface area contributed by atoms with Crippen LogP contribution < -0.4 is 9.47 Å². The molecule has 0 unspecified atom stereocenters. The number of benzene rings is 1. The van der Waals surface area contributed by atoms with E-state index in [9.17, 15) is 8.42 Å². The normalized spacial score (nSPS) is 11.3. The molecule has 0 saturated carbocycles. The van der Waals surface area contributed by atoms with Gasteiger partial charge in [-0.1, -0.05) is 0 Å². The smallest absolute Gasteiger partial charge is 0.212 e. The van der Waals surface area contributed by atoms with E-state index in [1.54, 1.807) is 54.6 Å². The lowest BCUT2D eigenvalue weighted by molar-refractivity contribution is 0.398. The maximum Gasteiger partial charge on any atom is 0.212 e. The van der Waals surface area contributed by atoms with E-state index in [0.29, 0.717) is 28.5 Å². The zero-order chi connectivity index (χ0) is 18.0. The van der Waals surface area contributed by atoms with Gasteiger partial charge in [-0.05, 0) is 24.3 Å². The summed E-state index contributed by atoms with van der Waals surface area (Å²) < 4.78 is 36.4. The average Bonchev–Trinajstić information content (AvgIpc) is 2.99. The molecule has 0 N–H and O–H groups in total. The third-order valence-corrected chi connectivity index (χ3v) is 4.65. The first-order valence-corrected chi connectivity index (χ1v) is 9.27. The molecule has 3 aromatic rings. The number of aryl methyl sites for hydroxylation is 1. The molecular weight excluding hydrogens is 342 g/mol. The minimum atomic E-state index is -3.35. The first-order valence-electron chi connectivity index (χ1n) is 7.38. The molecule has 7 nitrogen and oxygen atoms in total. The molecule has 0 fully saturated rings. The lowest BCUT2D eigenvalue weighted by Crippen LogP contribution is -1.98. The summed E-state index contributed by atoms with van der Waals surface area (Å²) in [5.74, 6) is 1.53. The Morgan fingerprint density at radius 1 is 1.12 bits per heavy atom. The third-order valence-electron chi connectivity index (χ3n) is 3.54. The van der Waals surface area contributed by atoms with Crippen LogP contribution >= 0.6 is 0 Å². The Kier molecular flexibility index (Phi) is 4.45. The number of ether oxygens (including phenoxy) is 2. The molecule has 3 rings (SSSR count). The van der Waals surface area contributed by atoms with E-state index < -0.39 is 9.84 Å². The number of aromatic nitrogens is 3. The average molecular weight is 359 g/mol. The van der Waals surface area contributed by atoms with Crippen LogP contribution in [0.5, 0.6) is 17.4 Å². The van der Waals surface area contributed by atoms with Crippen molar-refractivity contribution in [3.63, 3.8) is 0 Å². The zero-order valence-electron chi connectivity index (χ0n) is 14.0. The summed E-state index contributed by atoms with van der Waals surface area (Å²) in [6.07, 6.45) is 6.08. The number of hydrogen-bond donors (Lipinski definition) is 0. The van der Waals surface area contributed by atoms with Gasteiger partial charge in [-0.2, -0.15) is 5.10 Å². The quantitative estimate of drug-likeness (QED) is 0.696. The Hall–Kier alpha value is -2.87. The Bertz CT molecular complexity index is 995. The van der Waals surface area contributed by atoms with Crippen molar-refractivity contribution in [2.45, 2.75) is 4.90 Å². The van der Waals surface area contributed by atoms with Crippen LogP contribution in [0.15, 0.2) is 53.8 Å². The molecule has 0 saturated heterocycles. The summed E-state index contributed by atoms with van der Waals surface area (Å²) >= 11 is 0. The van der Waals surface area contributed by atoms with Gasteiger partial charge in [0.05, 0.1) is 24.4 Å². The van der Waals surface area contributed by atoms with E-state index in [1.165, 1.54) is 19.4 Å². The summed E-state index contributed by atoms with van der Waals surface area (Å²) in [4.78, 5) is 4.38. The lowest BCUT2D eigenvalue weighted by atomic mass is 10.1. The van der Waals surface area contributed by atoms with Gasteiger partial charge in [-0.3, -0.25) is 4.68 Å². The van der Waals surface area contributed by atoms with Gasteiger partial charge in [0.2, 0.25) is 5.88 Å². The Labute approximate surface area is 145 Å². The molecule has 0 atom stereocenters. The van der Waals surface area contributed by atoms with E-state index in [0.717, 1.165) is 0 Å². The highest BCUT2D eigenvalue weighted by Crippen LogP contribution is 2.35. The molecule has 0 radical (unpaired) electrons. The summed E-state index contributed by atoms with van der Waals surface area (Å²) in [5, 5.41) is 4.06. The molecule has 2 aromatic heterocycles. The minimum absolute atomic E-state index is 0.205. The van der Waals surface area contributed by atoms with E-state index >= 15 is 0 Å². The highest BCUT2D eigenvalue weighted by molar-refractivity contribution is 7.90. The Morgan fingerprint density at radius 2 is 1.92 bits per heavy atom. The van der Waals surface area contributed by atoms with Crippen molar-refractivity contribution in [1.82, 2.24) is 14.8 Å². The van der Waals surface area contributed by atoms with Gasteiger partial charge >= 0.3 is 0 Å². The van der Waals surface area contributed by atoms with Gasteiger partial charge in [0.25, 0.3) is 0 Å². The minimum Gasteiger partial charge on any atom is -0.481 e. The van der Waals surface area contributed by atoms with Crippen LogP contribution in [-0.2, 0) is 16.9 Å². The molecular formula is C17H17N3O4S. The number of pyridine rings is 1. The Balaban J connectivity index is 2.09. The van der Waals surface area contributed by atoms with Crippen LogP contribution in [0.25, 0.3) is 11.1 Å². The topological polar surface area (TPSA) is 83.3 Å². The SMILES string of the molecule is COc1ccc(-c2cc(S(C)(=O)=O)ccc2Oc2cnn(C)c2)cn1. The molecule has 0 bridgehead atoms. The van der Waals surface area contributed by atoms with Gasteiger partial charge in [-0.25, -0.2) is 13.4 Å². The number of sulfone groups is 1. The third kappa shape index (κ3) is 3.80. The second-order valence-corrected chi connectivity index (χ2v) is 7.49. The maximum atomic E-state index is 11.9. The second-order valence-electron chi connectivity index (χ2n) is 5.47. The van der Waals surface area contributed by atoms with Gasteiger partial charge in [0, 0.05) is 36.7 Å². The molecule has 0 aliphatic heterocycles. The van der Waals surface area contributed by atoms with Crippen LogP contribution in [0.2, 0.25) is 0 Å². The van der Waals surface area contributed by atoms with Crippen LogP contribution in [0.4, 0.5) is 0 Å². The molecule has 0 aliphatic carbocycles. The van der Waals surface area contributed by atoms with Gasteiger partial charge in [0.15, 0.2) is 15.6 Å². The Morgan fingerprint density at radius 3 is 2.48 bits per heavy atom. The van der Waals surface area contributed by atoms with Crippen molar-refractivity contribution in [2.75, 3.05) is 13.4 Å². The fourth-order valence-electron chi connectivity index (χ4n) is 2.29. The fraction of sp³-hybridized carbons (Fsp3) is 0.176. The first kappa shape index (κ1) is 17.0. The van der Waals surface area contributed by atoms with Crippen molar-refractivity contribution >= 4 is 9.84 Å². The number of nitrogens with zero attached hydrogens (tertiary/aromatic N) is 3. The summed E-state index contributed by atoms with van der Waals surface area (Å²) in [6, 6.07) is 8.22. The van der Waals surface area contributed by atoms with E-state index in [4.69, 9.17) is 9.47 Å². The summed E-state index contributed by atoms with van der Waals surface area (Å²) in [7, 11) is -0.0321. The van der Waals surface area contributed by atoms with E-state index in [2.05, 4.69) is 10.1 Å². The van der Waals surface area contributed by atoms with Crippen molar-refractivity contribution in [1.29, 1.82) is 0 Å². The van der Waals surface area contributed by atoms with Crippen LogP contribution in [0, 0.1) is 0 Å². The van der Waals surface area contributed by atoms with Crippen molar-refractivity contribution in [3.05, 3.63) is 48.9 Å². The van der Waals surface area contributed by atoms with Crippen molar-refractivity contribution < 1.29 is 17.9 Å². The van der Waals surface area contributed by atoms with Gasteiger partial charge in [0.1, 0.15) is 5.75 Å². The molecule has 8 heteroatoms. The molecule has 130 valence electrons. The maximum absolute atomic E-state index is 11.9. The summed E-state index contributed by atoms with van der Waals surface area (Å²) in [6.45, 7) is 0. The fourth-order valence-corrected chi connectivity index (χ4v) is 2.94. The van der Waals surface area contributed by atoms with Gasteiger partial charge < -0.3 is 9.47 Å². The van der Waals surface area contributed by atoms with E-state index in [1.807, 2.05) is 0 Å². The zero-order valence-corrected chi connectivity index (χ0v) is 14.8. The molecule has 25 heavy (non-hydrogen) atoms. The molecule has 1 aromatic carbocycles. The molecule has 0 spiro atoms. The van der Waals surface area contributed by atoms with Crippen LogP contribution in [0.3, 0.4) is 0 Å². The molecule has 0 amide bonds. The summed E-state index contributed by atoms with van der Waals surface area (Å²) in [5.41, 5.74) is 1.33. The van der Waals surface area contributed by atoms with Gasteiger partial charge in [-0.15, -0.1) is 0 Å². The highest BCUT2D eigenvalue weighted by Gasteiger charge is 2.15. The highest BCUT2D eigenvalue weighted by atomic mass is 32.2. The number of hydrogen-bond acceptors (Lipinski definition) is 6. The molecule has 0 aliphatic rings.